The standard InChI is InChI=1S/C47H55N3O12/c1-4-6-23-57-46(53)49(29-31-16-18-41-42(24-31)59-30-58-41)43-28-39(48-56-3)37-25-32(12-7-9-20-51)36(15-8-10-21-52)44-38-27-35(61-34-14-11-13-33(26-34)50(54)55)17-19-40(38)62-47(43,45(37)44)60-22-5-2/h4-5,11,13-14,16-19,24-27,32,36,43-45,51-52H,1-2,6-10,12,15,20-23,28-30H2,3H3/t32-,36+,43-,44+,45+,47+/m0/s1. The summed E-state index contributed by atoms with van der Waals surface area (Å²) in [6.07, 6.45) is 9.86. The summed E-state index contributed by atoms with van der Waals surface area (Å²) in [4.78, 5) is 33.0. The summed E-state index contributed by atoms with van der Waals surface area (Å²) in [7, 11) is 1.49. The Morgan fingerprint density at radius 2 is 1.76 bits per heavy atom. The molecule has 15 nitrogen and oxygen atoms in total. The highest BCUT2D eigenvalue weighted by molar-refractivity contribution is 6.03. The SMILES string of the molecule is C=CCCOC(=O)N(Cc1ccc2c(c1)OCO2)[C@H]1CC(=NOC)C2=C[C@H](CCCCO)[C@@H](CCCCO)[C@@H]3c4cc(Oc5cccc([N+](=O)[O-])c5)ccc4O[C@@]1(OCC=C)[C@H]23. The van der Waals surface area contributed by atoms with E-state index in [1.807, 2.05) is 30.3 Å². The number of hydrogen-bond donors (Lipinski definition) is 2. The molecule has 3 aromatic carbocycles. The largest absolute Gasteiger partial charge is 0.459 e. The number of nitro benzene ring substituents is 1. The van der Waals surface area contributed by atoms with E-state index in [-0.39, 0.29) is 69.6 Å². The van der Waals surface area contributed by atoms with Crippen LogP contribution in [0.25, 0.3) is 0 Å². The molecule has 2 aliphatic heterocycles. The van der Waals surface area contributed by atoms with Gasteiger partial charge in [-0.2, -0.15) is 0 Å². The molecule has 15 heteroatoms. The number of nitro groups is 1. The summed E-state index contributed by atoms with van der Waals surface area (Å²) in [5.41, 5.74) is 2.97. The van der Waals surface area contributed by atoms with Crippen molar-refractivity contribution in [3.63, 3.8) is 0 Å². The van der Waals surface area contributed by atoms with Gasteiger partial charge in [0.2, 0.25) is 12.6 Å². The Balaban J connectivity index is 1.43. The van der Waals surface area contributed by atoms with Gasteiger partial charge in [-0.15, -0.1) is 13.2 Å². The minimum absolute atomic E-state index is 0.00750. The minimum Gasteiger partial charge on any atom is -0.459 e. The van der Waals surface area contributed by atoms with Gasteiger partial charge in [0.15, 0.2) is 11.5 Å². The summed E-state index contributed by atoms with van der Waals surface area (Å²) in [5, 5.41) is 36.1. The van der Waals surface area contributed by atoms with Crippen LogP contribution in [0.15, 0.2) is 103 Å². The predicted molar refractivity (Wildman–Crippen MR) is 229 cm³/mol. The van der Waals surface area contributed by atoms with Crippen molar-refractivity contribution >= 4 is 17.5 Å². The lowest BCUT2D eigenvalue weighted by atomic mass is 9.55. The van der Waals surface area contributed by atoms with Crippen molar-refractivity contribution in [3.05, 3.63) is 119 Å². The number of fused-ring (bicyclic) bond motifs is 3. The maximum Gasteiger partial charge on any atom is 0.410 e. The topological polar surface area (TPSA) is 181 Å². The molecule has 0 aromatic heterocycles. The molecule has 6 atom stereocenters. The highest BCUT2D eigenvalue weighted by atomic mass is 16.7. The number of aliphatic hydroxyl groups is 2. The van der Waals surface area contributed by atoms with E-state index >= 15 is 0 Å². The lowest BCUT2D eigenvalue weighted by molar-refractivity contribution is -0.384. The fraction of sp³-hybridized carbons (Fsp3) is 0.447. The molecular formula is C47H55N3O12. The second kappa shape index (κ2) is 20.3. The molecule has 0 spiro atoms. The first kappa shape index (κ1) is 44.2. The molecule has 4 aliphatic rings. The molecular weight excluding hydrogens is 799 g/mol. The number of carbonyl (C=O) groups excluding carboxylic acids is 1. The van der Waals surface area contributed by atoms with E-state index < -0.39 is 28.8 Å². The monoisotopic (exact) mass is 853 g/mol. The average Bonchev–Trinajstić information content (AvgIpc) is 3.75. The number of aliphatic hydroxyl groups excluding tert-OH is 2. The number of benzene rings is 3. The van der Waals surface area contributed by atoms with Crippen molar-refractivity contribution in [2.75, 3.05) is 40.3 Å². The lowest BCUT2D eigenvalue weighted by Gasteiger charge is -2.59. The van der Waals surface area contributed by atoms with Crippen LogP contribution >= 0.6 is 0 Å². The zero-order valence-corrected chi connectivity index (χ0v) is 35.0. The van der Waals surface area contributed by atoms with E-state index in [1.54, 1.807) is 35.3 Å². The average molecular weight is 854 g/mol. The number of oxime groups is 1. The summed E-state index contributed by atoms with van der Waals surface area (Å²) in [6.45, 7) is 8.26. The van der Waals surface area contributed by atoms with E-state index in [0.29, 0.717) is 53.7 Å². The smallest absolute Gasteiger partial charge is 0.410 e. The van der Waals surface area contributed by atoms with Crippen LogP contribution in [0, 0.1) is 27.9 Å². The molecule has 2 heterocycles. The molecule has 7 rings (SSSR count). The molecule has 2 aliphatic carbocycles. The molecule has 1 fully saturated rings. The number of allylic oxidation sites excluding steroid dienone is 1. The van der Waals surface area contributed by atoms with E-state index in [0.717, 1.165) is 42.4 Å². The molecule has 1 saturated carbocycles. The van der Waals surface area contributed by atoms with Gasteiger partial charge >= 0.3 is 6.09 Å². The molecule has 1 amide bonds. The molecule has 0 bridgehead atoms. The van der Waals surface area contributed by atoms with Gasteiger partial charge in [0.1, 0.15) is 30.4 Å². The zero-order valence-electron chi connectivity index (χ0n) is 35.0. The number of ether oxygens (including phenoxy) is 6. The van der Waals surface area contributed by atoms with E-state index in [4.69, 9.17) is 33.3 Å². The molecule has 0 unspecified atom stereocenters. The van der Waals surface area contributed by atoms with Crippen LogP contribution in [-0.2, 0) is 20.9 Å². The number of non-ortho nitro benzene ring substituents is 1. The Kier molecular flexibility index (Phi) is 14.5. The van der Waals surface area contributed by atoms with Crippen LogP contribution in [0.3, 0.4) is 0 Å². The summed E-state index contributed by atoms with van der Waals surface area (Å²) in [5.74, 6) is -0.0486. The second-order valence-corrected chi connectivity index (χ2v) is 15.8. The highest BCUT2D eigenvalue weighted by Crippen LogP contribution is 2.62. The molecule has 330 valence electrons. The van der Waals surface area contributed by atoms with Gasteiger partial charge in [0.25, 0.3) is 5.69 Å². The normalized spacial score (nSPS) is 23.6. The number of rotatable bonds is 21. The van der Waals surface area contributed by atoms with Crippen LogP contribution in [0.4, 0.5) is 10.5 Å². The van der Waals surface area contributed by atoms with Gasteiger partial charge < -0.3 is 43.5 Å². The van der Waals surface area contributed by atoms with E-state index in [1.165, 1.54) is 19.2 Å². The quantitative estimate of drug-likeness (QED) is 0.0452. The van der Waals surface area contributed by atoms with Crippen molar-refractivity contribution in [1.29, 1.82) is 0 Å². The van der Waals surface area contributed by atoms with Crippen molar-refractivity contribution in [2.45, 2.75) is 75.7 Å². The van der Waals surface area contributed by atoms with Crippen molar-refractivity contribution in [2.24, 2.45) is 22.9 Å². The Morgan fingerprint density at radius 1 is 0.984 bits per heavy atom. The Labute approximate surface area is 361 Å². The Morgan fingerprint density at radius 3 is 2.52 bits per heavy atom. The maximum atomic E-state index is 14.6. The number of nitrogens with zero attached hydrogens (tertiary/aromatic N) is 3. The van der Waals surface area contributed by atoms with Gasteiger partial charge in [-0.3, -0.25) is 15.0 Å². The van der Waals surface area contributed by atoms with Gasteiger partial charge in [-0.05, 0) is 91.5 Å². The summed E-state index contributed by atoms with van der Waals surface area (Å²) < 4.78 is 37.9. The fourth-order valence-corrected chi connectivity index (χ4v) is 9.47. The van der Waals surface area contributed by atoms with Crippen LogP contribution < -0.4 is 18.9 Å². The molecule has 2 N–H and O–H groups in total. The van der Waals surface area contributed by atoms with Crippen LogP contribution in [-0.4, -0.2) is 84.0 Å². The van der Waals surface area contributed by atoms with Gasteiger partial charge in [0.05, 0.1) is 35.8 Å². The van der Waals surface area contributed by atoms with Crippen LogP contribution in [0.2, 0.25) is 0 Å². The molecule has 3 aromatic rings. The van der Waals surface area contributed by atoms with Crippen molar-refractivity contribution in [3.8, 4) is 28.7 Å². The number of carbonyl (C=O) groups is 1. The Bertz CT molecular complexity index is 2160. The fourth-order valence-electron chi connectivity index (χ4n) is 9.47. The molecule has 0 saturated heterocycles. The van der Waals surface area contributed by atoms with E-state index in [2.05, 4.69) is 24.4 Å². The zero-order chi connectivity index (χ0) is 43.6. The molecule has 0 radical (unpaired) electrons. The third kappa shape index (κ3) is 9.30. The minimum atomic E-state index is -1.54. The lowest BCUT2D eigenvalue weighted by Crippen LogP contribution is -2.70. The first-order valence-electron chi connectivity index (χ1n) is 21.2. The predicted octanol–water partition coefficient (Wildman–Crippen LogP) is 8.59. The van der Waals surface area contributed by atoms with E-state index in [9.17, 15) is 25.1 Å². The van der Waals surface area contributed by atoms with Gasteiger partial charge in [-0.25, -0.2) is 4.79 Å². The molecule has 62 heavy (non-hydrogen) atoms. The number of unbranched alkanes of at least 4 members (excludes halogenated alkanes) is 2. The van der Waals surface area contributed by atoms with Crippen LogP contribution in [0.1, 0.15) is 68.4 Å². The number of amides is 1. The van der Waals surface area contributed by atoms with Crippen molar-refractivity contribution in [1.82, 2.24) is 4.90 Å². The number of hydrogen-bond acceptors (Lipinski definition) is 13. The Hall–Kier alpha value is -5.90. The third-order valence-electron chi connectivity index (χ3n) is 12.1. The third-order valence-corrected chi connectivity index (χ3v) is 12.1. The first-order chi connectivity index (χ1) is 30.2. The first-order valence-corrected chi connectivity index (χ1v) is 21.2. The summed E-state index contributed by atoms with van der Waals surface area (Å²) >= 11 is 0. The van der Waals surface area contributed by atoms with Crippen LogP contribution in [0.5, 0.6) is 28.7 Å². The second-order valence-electron chi connectivity index (χ2n) is 15.8. The van der Waals surface area contributed by atoms with Crippen molar-refractivity contribution < 1.29 is 53.2 Å². The highest BCUT2D eigenvalue weighted by Gasteiger charge is 2.65. The maximum absolute atomic E-state index is 14.6. The van der Waals surface area contributed by atoms with Gasteiger partial charge in [0, 0.05) is 43.7 Å². The van der Waals surface area contributed by atoms with Gasteiger partial charge in [-0.1, -0.05) is 48.4 Å². The summed E-state index contributed by atoms with van der Waals surface area (Å²) in [6, 6.07) is 16.2.